The van der Waals surface area contributed by atoms with Crippen molar-refractivity contribution in [2.24, 2.45) is 0 Å². The van der Waals surface area contributed by atoms with Gasteiger partial charge in [-0.15, -0.1) is 0 Å². The second-order valence-corrected chi connectivity index (χ2v) is 5.60. The molecule has 2 aromatic carbocycles. The van der Waals surface area contributed by atoms with Gasteiger partial charge in [-0.3, -0.25) is 9.69 Å². The molecule has 3 nitrogen and oxygen atoms in total. The van der Waals surface area contributed by atoms with Gasteiger partial charge in [-0.1, -0.05) is 48.9 Å². The molecule has 0 spiro atoms. The molecule has 0 atom stereocenters. The molecular weight excluding hydrogens is 296 g/mol. The molecule has 0 aliphatic rings. The van der Waals surface area contributed by atoms with Crippen LogP contribution in [0.3, 0.4) is 0 Å². The van der Waals surface area contributed by atoms with E-state index in [1.807, 2.05) is 30.3 Å². The molecule has 0 aliphatic heterocycles. The summed E-state index contributed by atoms with van der Waals surface area (Å²) in [4.78, 5) is 14.3. The third-order valence-corrected chi connectivity index (χ3v) is 3.73. The Morgan fingerprint density at radius 2 is 1.77 bits per heavy atom. The Kier molecular flexibility index (Phi) is 6.44. The van der Waals surface area contributed by atoms with E-state index in [1.165, 1.54) is 5.56 Å². The van der Waals surface area contributed by atoms with E-state index in [9.17, 15) is 4.79 Å². The van der Waals surface area contributed by atoms with Crippen molar-refractivity contribution in [1.82, 2.24) is 4.90 Å². The number of hydrogen-bond donors (Lipinski definition) is 1. The quantitative estimate of drug-likeness (QED) is 0.830. The van der Waals surface area contributed by atoms with E-state index in [1.54, 1.807) is 12.1 Å². The number of anilines is 1. The molecular formula is C18H21ClN2O. The van der Waals surface area contributed by atoms with E-state index in [0.29, 0.717) is 11.4 Å². The average Bonchev–Trinajstić information content (AvgIpc) is 2.54. The molecule has 0 saturated heterocycles. The Morgan fingerprint density at radius 1 is 1.09 bits per heavy atom. The first-order valence-corrected chi connectivity index (χ1v) is 7.87. The van der Waals surface area contributed by atoms with E-state index in [2.05, 4.69) is 29.3 Å². The fourth-order valence-electron chi connectivity index (χ4n) is 2.21. The van der Waals surface area contributed by atoms with Crippen LogP contribution < -0.4 is 5.32 Å². The summed E-state index contributed by atoms with van der Waals surface area (Å²) in [6.45, 7) is 4.64. The van der Waals surface area contributed by atoms with Crippen molar-refractivity contribution in [1.29, 1.82) is 0 Å². The molecule has 0 heterocycles. The number of hydrogen-bond acceptors (Lipinski definition) is 2. The molecule has 0 aromatic heterocycles. The first kappa shape index (κ1) is 16.5. The summed E-state index contributed by atoms with van der Waals surface area (Å²) < 4.78 is 0. The highest BCUT2D eigenvalue weighted by molar-refractivity contribution is 6.30. The molecule has 4 heteroatoms. The van der Waals surface area contributed by atoms with Crippen LogP contribution in [0, 0.1) is 0 Å². The maximum atomic E-state index is 12.0. The van der Waals surface area contributed by atoms with Crippen molar-refractivity contribution in [3.8, 4) is 0 Å². The second-order valence-electron chi connectivity index (χ2n) is 5.16. The SMILES string of the molecule is CCN(CCC(=O)Nc1ccc(Cl)cc1)Cc1ccccc1. The van der Waals surface area contributed by atoms with Crippen molar-refractivity contribution in [3.63, 3.8) is 0 Å². The summed E-state index contributed by atoms with van der Waals surface area (Å²) in [5, 5.41) is 3.55. The van der Waals surface area contributed by atoms with Gasteiger partial charge in [-0.2, -0.15) is 0 Å². The Hall–Kier alpha value is -1.84. The van der Waals surface area contributed by atoms with Crippen molar-refractivity contribution in [2.75, 3.05) is 18.4 Å². The van der Waals surface area contributed by atoms with E-state index < -0.39 is 0 Å². The van der Waals surface area contributed by atoms with Crippen molar-refractivity contribution >= 4 is 23.2 Å². The number of amides is 1. The van der Waals surface area contributed by atoms with Crippen LogP contribution in [0.25, 0.3) is 0 Å². The maximum absolute atomic E-state index is 12.0. The summed E-state index contributed by atoms with van der Waals surface area (Å²) in [5.74, 6) is 0.0221. The molecule has 1 amide bonds. The molecule has 0 aliphatic carbocycles. The van der Waals surface area contributed by atoms with Gasteiger partial charge in [0.2, 0.25) is 5.91 Å². The molecule has 0 bridgehead atoms. The number of nitrogens with one attached hydrogen (secondary N) is 1. The van der Waals surface area contributed by atoms with E-state index in [0.717, 1.165) is 25.3 Å². The minimum absolute atomic E-state index is 0.0221. The van der Waals surface area contributed by atoms with Crippen LogP contribution in [0.15, 0.2) is 54.6 Å². The zero-order valence-electron chi connectivity index (χ0n) is 12.8. The number of nitrogens with zero attached hydrogens (tertiary/aromatic N) is 1. The third-order valence-electron chi connectivity index (χ3n) is 3.48. The normalized spacial score (nSPS) is 10.7. The molecule has 0 unspecified atom stereocenters. The van der Waals surface area contributed by atoms with Gasteiger partial charge in [0.05, 0.1) is 0 Å². The molecule has 0 radical (unpaired) electrons. The zero-order valence-corrected chi connectivity index (χ0v) is 13.5. The predicted octanol–water partition coefficient (Wildman–Crippen LogP) is 4.19. The topological polar surface area (TPSA) is 32.3 Å². The van der Waals surface area contributed by atoms with E-state index >= 15 is 0 Å². The Morgan fingerprint density at radius 3 is 2.41 bits per heavy atom. The average molecular weight is 317 g/mol. The first-order valence-electron chi connectivity index (χ1n) is 7.49. The monoisotopic (exact) mass is 316 g/mol. The first-order chi connectivity index (χ1) is 10.7. The van der Waals surface area contributed by atoms with Crippen LogP contribution in [-0.4, -0.2) is 23.9 Å². The smallest absolute Gasteiger partial charge is 0.225 e. The number of carbonyl (C=O) groups is 1. The lowest BCUT2D eigenvalue weighted by Crippen LogP contribution is -2.27. The van der Waals surface area contributed by atoms with E-state index in [-0.39, 0.29) is 5.91 Å². The van der Waals surface area contributed by atoms with Gasteiger partial charge in [-0.25, -0.2) is 0 Å². The van der Waals surface area contributed by atoms with E-state index in [4.69, 9.17) is 11.6 Å². The van der Waals surface area contributed by atoms with Gasteiger partial charge in [0.15, 0.2) is 0 Å². The molecule has 22 heavy (non-hydrogen) atoms. The van der Waals surface area contributed by atoms with Crippen LogP contribution in [0.5, 0.6) is 0 Å². The summed E-state index contributed by atoms with van der Waals surface area (Å²) in [6.07, 6.45) is 0.475. The predicted molar refractivity (Wildman–Crippen MR) is 92.1 cm³/mol. The highest BCUT2D eigenvalue weighted by Gasteiger charge is 2.08. The molecule has 2 rings (SSSR count). The molecule has 1 N–H and O–H groups in total. The maximum Gasteiger partial charge on any atom is 0.225 e. The fraction of sp³-hybridized carbons (Fsp3) is 0.278. The Labute approximate surface area is 136 Å². The lowest BCUT2D eigenvalue weighted by atomic mass is 10.2. The molecule has 116 valence electrons. The summed E-state index contributed by atoms with van der Waals surface area (Å²) in [6, 6.07) is 17.5. The van der Waals surface area contributed by atoms with Crippen molar-refractivity contribution < 1.29 is 4.79 Å². The molecule has 0 saturated carbocycles. The molecule has 0 fully saturated rings. The van der Waals surface area contributed by atoms with Crippen molar-refractivity contribution in [3.05, 3.63) is 65.2 Å². The fourth-order valence-corrected chi connectivity index (χ4v) is 2.33. The Bertz CT molecular complexity index is 584. The lowest BCUT2D eigenvalue weighted by molar-refractivity contribution is -0.116. The van der Waals surface area contributed by atoms with Gasteiger partial charge in [-0.05, 0) is 36.4 Å². The summed E-state index contributed by atoms with van der Waals surface area (Å²) in [5.41, 5.74) is 2.04. The van der Waals surface area contributed by atoms with Crippen LogP contribution in [-0.2, 0) is 11.3 Å². The number of benzene rings is 2. The van der Waals surface area contributed by atoms with Gasteiger partial charge < -0.3 is 5.32 Å². The Balaban J connectivity index is 1.79. The lowest BCUT2D eigenvalue weighted by Gasteiger charge is -2.20. The van der Waals surface area contributed by atoms with Crippen molar-refractivity contribution in [2.45, 2.75) is 19.9 Å². The summed E-state index contributed by atoms with van der Waals surface area (Å²) >= 11 is 5.83. The van der Waals surface area contributed by atoms with Gasteiger partial charge in [0.1, 0.15) is 0 Å². The van der Waals surface area contributed by atoms with Crippen LogP contribution in [0.4, 0.5) is 5.69 Å². The minimum Gasteiger partial charge on any atom is -0.326 e. The van der Waals surface area contributed by atoms with Gasteiger partial charge in [0.25, 0.3) is 0 Å². The zero-order chi connectivity index (χ0) is 15.8. The highest BCUT2D eigenvalue weighted by Crippen LogP contribution is 2.13. The number of rotatable bonds is 7. The standard InChI is InChI=1S/C18H21ClN2O/c1-2-21(14-15-6-4-3-5-7-15)13-12-18(22)20-17-10-8-16(19)9-11-17/h3-11H,2,12-14H2,1H3,(H,20,22). The molecule has 2 aromatic rings. The minimum atomic E-state index is 0.0221. The third kappa shape index (κ3) is 5.51. The number of halogens is 1. The van der Waals surface area contributed by atoms with Gasteiger partial charge >= 0.3 is 0 Å². The van der Waals surface area contributed by atoms with Gasteiger partial charge in [0, 0.05) is 30.2 Å². The number of carbonyl (C=O) groups excluding carboxylic acids is 1. The van der Waals surface area contributed by atoms with Crippen LogP contribution >= 0.6 is 11.6 Å². The van der Waals surface area contributed by atoms with Crippen LogP contribution in [0.1, 0.15) is 18.9 Å². The summed E-state index contributed by atoms with van der Waals surface area (Å²) in [7, 11) is 0. The largest absolute Gasteiger partial charge is 0.326 e. The second kappa shape index (κ2) is 8.57. The van der Waals surface area contributed by atoms with Crippen LogP contribution in [0.2, 0.25) is 5.02 Å². The highest BCUT2D eigenvalue weighted by atomic mass is 35.5.